The summed E-state index contributed by atoms with van der Waals surface area (Å²) in [5, 5.41) is 11.5. The summed E-state index contributed by atoms with van der Waals surface area (Å²) >= 11 is 3.33. The van der Waals surface area contributed by atoms with E-state index >= 15 is 0 Å². The summed E-state index contributed by atoms with van der Waals surface area (Å²) in [7, 11) is 0. The van der Waals surface area contributed by atoms with Gasteiger partial charge in [-0.15, -0.1) is 0 Å². The molecule has 1 atom stereocenters. The number of hydrogen-bond donors (Lipinski definition) is 2. The number of carbonyl (C=O) groups is 1. The van der Waals surface area contributed by atoms with Crippen LogP contribution >= 0.6 is 15.9 Å². The van der Waals surface area contributed by atoms with Crippen molar-refractivity contribution in [1.29, 1.82) is 0 Å². The number of amides is 1. The number of benzene rings is 1. The molecule has 15 heavy (non-hydrogen) atoms. The number of aliphatic hydroxyl groups excluding tert-OH is 1. The van der Waals surface area contributed by atoms with Gasteiger partial charge in [0.05, 0.1) is 13.0 Å². The Morgan fingerprint density at radius 2 is 2.07 bits per heavy atom. The van der Waals surface area contributed by atoms with E-state index in [2.05, 4.69) is 21.2 Å². The van der Waals surface area contributed by atoms with Gasteiger partial charge in [-0.2, -0.15) is 0 Å². The molecule has 2 N–H and O–H groups in total. The molecule has 0 aliphatic rings. The molecule has 1 amide bonds. The van der Waals surface area contributed by atoms with Gasteiger partial charge in [-0.05, 0) is 24.6 Å². The third kappa shape index (κ3) is 4.44. The maximum atomic E-state index is 11.4. The fourth-order valence-electron chi connectivity index (χ4n) is 1.16. The molecule has 82 valence electrons. The molecule has 0 saturated carbocycles. The number of aliphatic hydroxyl groups is 1. The van der Waals surface area contributed by atoms with E-state index in [0.717, 1.165) is 10.0 Å². The second-order valence-electron chi connectivity index (χ2n) is 3.45. The Morgan fingerprint density at radius 1 is 1.47 bits per heavy atom. The molecule has 0 aliphatic carbocycles. The number of rotatable bonds is 4. The smallest absolute Gasteiger partial charge is 0.224 e. The van der Waals surface area contributed by atoms with Crippen LogP contribution in [-0.4, -0.2) is 23.7 Å². The van der Waals surface area contributed by atoms with Gasteiger partial charge in [-0.1, -0.05) is 28.1 Å². The minimum absolute atomic E-state index is 0.0356. The summed E-state index contributed by atoms with van der Waals surface area (Å²) in [5.74, 6) is -0.0705. The molecule has 0 heterocycles. The van der Waals surface area contributed by atoms with Gasteiger partial charge in [0.1, 0.15) is 0 Å². The normalized spacial score (nSPS) is 12.2. The van der Waals surface area contributed by atoms with Crippen molar-refractivity contribution in [3.63, 3.8) is 0 Å². The molecular weight excluding hydrogens is 258 g/mol. The van der Waals surface area contributed by atoms with E-state index in [1.807, 2.05) is 24.3 Å². The average Bonchev–Trinajstić information content (AvgIpc) is 2.21. The first-order chi connectivity index (χ1) is 7.11. The van der Waals surface area contributed by atoms with E-state index in [9.17, 15) is 4.79 Å². The van der Waals surface area contributed by atoms with Gasteiger partial charge < -0.3 is 10.4 Å². The molecule has 0 radical (unpaired) electrons. The molecule has 3 nitrogen and oxygen atoms in total. The molecule has 0 aromatic heterocycles. The molecule has 1 aromatic carbocycles. The molecule has 0 spiro atoms. The van der Waals surface area contributed by atoms with Crippen LogP contribution in [0.15, 0.2) is 28.7 Å². The van der Waals surface area contributed by atoms with Crippen LogP contribution in [0.1, 0.15) is 12.5 Å². The Kier molecular flexibility index (Phi) is 4.78. The van der Waals surface area contributed by atoms with Crippen molar-refractivity contribution in [2.75, 3.05) is 6.61 Å². The third-order valence-electron chi connectivity index (χ3n) is 1.96. The van der Waals surface area contributed by atoms with Gasteiger partial charge >= 0.3 is 0 Å². The van der Waals surface area contributed by atoms with Crippen molar-refractivity contribution < 1.29 is 9.90 Å². The topological polar surface area (TPSA) is 49.3 Å². The van der Waals surface area contributed by atoms with Gasteiger partial charge in [0.2, 0.25) is 5.91 Å². The van der Waals surface area contributed by atoms with Crippen LogP contribution in [0.2, 0.25) is 0 Å². The monoisotopic (exact) mass is 271 g/mol. The first-order valence-corrected chi connectivity index (χ1v) is 5.56. The minimum atomic E-state index is -0.187. The summed E-state index contributed by atoms with van der Waals surface area (Å²) < 4.78 is 0.996. The molecular formula is C11H14BrNO2. The number of nitrogens with one attached hydrogen (secondary N) is 1. The zero-order valence-electron chi connectivity index (χ0n) is 8.53. The summed E-state index contributed by atoms with van der Waals surface area (Å²) in [5.41, 5.74) is 0.959. The van der Waals surface area contributed by atoms with Gasteiger partial charge in [0, 0.05) is 10.5 Å². The number of carbonyl (C=O) groups excluding carboxylic acids is 1. The van der Waals surface area contributed by atoms with Crippen molar-refractivity contribution in [3.05, 3.63) is 34.3 Å². The Morgan fingerprint density at radius 3 is 2.60 bits per heavy atom. The van der Waals surface area contributed by atoms with Crippen molar-refractivity contribution in [1.82, 2.24) is 5.32 Å². The largest absolute Gasteiger partial charge is 0.394 e. The van der Waals surface area contributed by atoms with Crippen LogP contribution in [0, 0.1) is 0 Å². The second kappa shape index (κ2) is 5.88. The lowest BCUT2D eigenvalue weighted by atomic mass is 10.1. The number of hydrogen-bond acceptors (Lipinski definition) is 2. The van der Waals surface area contributed by atoms with E-state index in [-0.39, 0.29) is 18.6 Å². The van der Waals surface area contributed by atoms with Crippen molar-refractivity contribution >= 4 is 21.8 Å². The molecule has 4 heteroatoms. The van der Waals surface area contributed by atoms with Crippen molar-refractivity contribution in [3.8, 4) is 0 Å². The molecule has 1 aromatic rings. The summed E-state index contributed by atoms with van der Waals surface area (Å²) in [4.78, 5) is 11.4. The summed E-state index contributed by atoms with van der Waals surface area (Å²) in [6.07, 6.45) is 0.345. The molecule has 1 unspecified atom stereocenters. The maximum absolute atomic E-state index is 11.4. The highest BCUT2D eigenvalue weighted by molar-refractivity contribution is 9.10. The van der Waals surface area contributed by atoms with Crippen molar-refractivity contribution in [2.24, 2.45) is 0 Å². The van der Waals surface area contributed by atoms with Gasteiger partial charge in [0.25, 0.3) is 0 Å². The zero-order valence-corrected chi connectivity index (χ0v) is 10.1. The molecule has 0 saturated heterocycles. The van der Waals surface area contributed by atoms with Crippen molar-refractivity contribution in [2.45, 2.75) is 19.4 Å². The fourth-order valence-corrected chi connectivity index (χ4v) is 1.42. The average molecular weight is 272 g/mol. The van der Waals surface area contributed by atoms with Crippen LogP contribution in [0.3, 0.4) is 0 Å². The Bertz CT molecular complexity index is 324. The first kappa shape index (κ1) is 12.2. The van der Waals surface area contributed by atoms with E-state index in [4.69, 9.17) is 5.11 Å². The van der Waals surface area contributed by atoms with Gasteiger partial charge in [-0.25, -0.2) is 0 Å². The Labute approximate surface area is 97.6 Å². The highest BCUT2D eigenvalue weighted by Gasteiger charge is 2.06. The standard InChI is InChI=1S/C11H14BrNO2/c1-8(7-14)13-11(15)6-9-2-4-10(12)5-3-9/h2-5,8,14H,6-7H2,1H3,(H,13,15). The predicted molar refractivity (Wildman–Crippen MR) is 62.5 cm³/mol. The number of halogens is 1. The van der Waals surface area contributed by atoms with E-state index in [1.54, 1.807) is 6.92 Å². The highest BCUT2D eigenvalue weighted by atomic mass is 79.9. The third-order valence-corrected chi connectivity index (χ3v) is 2.49. The lowest BCUT2D eigenvalue weighted by Gasteiger charge is -2.10. The van der Waals surface area contributed by atoms with Crippen LogP contribution in [0.5, 0.6) is 0 Å². The lowest BCUT2D eigenvalue weighted by molar-refractivity contribution is -0.121. The minimum Gasteiger partial charge on any atom is -0.394 e. The predicted octanol–water partition coefficient (Wildman–Crippen LogP) is 1.49. The van der Waals surface area contributed by atoms with Crippen LogP contribution in [0.4, 0.5) is 0 Å². The second-order valence-corrected chi connectivity index (χ2v) is 4.37. The van der Waals surface area contributed by atoms with E-state index in [0.29, 0.717) is 6.42 Å². The Balaban J connectivity index is 2.48. The van der Waals surface area contributed by atoms with Crippen LogP contribution < -0.4 is 5.32 Å². The van der Waals surface area contributed by atoms with E-state index in [1.165, 1.54) is 0 Å². The SMILES string of the molecule is CC(CO)NC(=O)Cc1ccc(Br)cc1. The van der Waals surface area contributed by atoms with Crippen LogP contribution in [0.25, 0.3) is 0 Å². The van der Waals surface area contributed by atoms with Gasteiger partial charge in [-0.3, -0.25) is 4.79 Å². The summed E-state index contributed by atoms with van der Waals surface area (Å²) in [6.45, 7) is 1.73. The molecule has 1 rings (SSSR count). The quantitative estimate of drug-likeness (QED) is 0.872. The highest BCUT2D eigenvalue weighted by Crippen LogP contribution is 2.10. The fraction of sp³-hybridized carbons (Fsp3) is 0.364. The molecule has 0 fully saturated rings. The Hall–Kier alpha value is -0.870. The maximum Gasteiger partial charge on any atom is 0.224 e. The first-order valence-electron chi connectivity index (χ1n) is 4.76. The lowest BCUT2D eigenvalue weighted by Crippen LogP contribution is -2.35. The molecule has 0 bridgehead atoms. The summed E-state index contributed by atoms with van der Waals surface area (Å²) in [6, 6.07) is 7.41. The molecule has 0 aliphatic heterocycles. The van der Waals surface area contributed by atoms with Crippen LogP contribution in [-0.2, 0) is 11.2 Å². The zero-order chi connectivity index (χ0) is 11.3. The van der Waals surface area contributed by atoms with Gasteiger partial charge in [0.15, 0.2) is 0 Å². The van der Waals surface area contributed by atoms with E-state index < -0.39 is 0 Å².